The largest absolute Gasteiger partial charge is 0.392 e. The molecule has 0 spiro atoms. The molecule has 6 rings (SSSR count). The molecule has 0 aromatic heterocycles. The average molecular weight is 944 g/mol. The van der Waals surface area contributed by atoms with Crippen molar-refractivity contribution in [2.75, 3.05) is 19.6 Å². The lowest BCUT2D eigenvalue weighted by atomic mass is 9.89. The lowest BCUT2D eigenvalue weighted by Crippen LogP contribution is -2.47. The summed E-state index contributed by atoms with van der Waals surface area (Å²) in [5.74, 6) is -0.325. The number of carbonyl (C=O) groups excluding carboxylic acids is 1. The van der Waals surface area contributed by atoms with E-state index in [0.717, 1.165) is 64.1 Å². The van der Waals surface area contributed by atoms with Crippen LogP contribution in [0.1, 0.15) is 144 Å². The van der Waals surface area contributed by atoms with Crippen LogP contribution in [-0.4, -0.2) is 56.1 Å². The van der Waals surface area contributed by atoms with Gasteiger partial charge >= 0.3 is 0 Å². The van der Waals surface area contributed by atoms with Gasteiger partial charge in [-0.15, -0.1) is 0 Å². The van der Waals surface area contributed by atoms with Gasteiger partial charge in [0.25, 0.3) is 0 Å². The van der Waals surface area contributed by atoms with Gasteiger partial charge in [0.15, 0.2) is 6.29 Å². The predicted octanol–water partition coefficient (Wildman–Crippen LogP) is 12.2. The molecule has 1 heterocycles. The van der Waals surface area contributed by atoms with Gasteiger partial charge in [-0.3, -0.25) is 4.79 Å². The summed E-state index contributed by atoms with van der Waals surface area (Å²) in [5, 5.41) is 12.8. The highest BCUT2D eigenvalue weighted by Crippen LogP contribution is 2.42. The molecule has 1 aliphatic heterocycles. The number of amides is 1. The molecule has 0 saturated carbocycles. The Morgan fingerprint density at radius 3 is 1.91 bits per heavy atom. The Morgan fingerprint density at radius 2 is 1.26 bits per heavy atom. The average Bonchev–Trinajstić information content (AvgIpc) is 3.36. The van der Waals surface area contributed by atoms with E-state index in [4.69, 9.17) is 9.47 Å². The van der Waals surface area contributed by atoms with Crippen molar-refractivity contribution < 1.29 is 27.8 Å². The second kappa shape index (κ2) is 27.5. The van der Waals surface area contributed by atoms with E-state index in [1.54, 1.807) is 24.3 Å². The van der Waals surface area contributed by atoms with Crippen LogP contribution in [0.4, 0.5) is 0 Å². The first kappa shape index (κ1) is 52.7. The molecule has 68 heavy (non-hydrogen) atoms. The highest BCUT2D eigenvalue weighted by molar-refractivity contribution is 7.89. The molecule has 5 aromatic carbocycles. The molecule has 0 radical (unpaired) electrons. The van der Waals surface area contributed by atoms with E-state index in [1.807, 2.05) is 67.6 Å². The van der Waals surface area contributed by atoms with E-state index in [1.165, 1.54) is 77.0 Å². The maximum absolute atomic E-state index is 13.9. The van der Waals surface area contributed by atoms with Crippen molar-refractivity contribution >= 4 is 15.9 Å². The standard InChI is InChI=1S/C58H77N3O6S/c1-5-7-9-11-13-18-36-61(37-19-14-12-10-8-6-2)42-55-45(4)56(49-32-30-47(43-62)31-33-49)67-58(66-55)52-27-21-26-51(40-52)50-25-20-24-48(38-50)41-59-57(63)54(39-46-22-16-15-17-23-46)60-68(64,65)53-34-28-44(3)29-35-53/h15-17,20-35,38,40,45,54-56,58,60,62H,5-14,18-19,36-37,39,41-43H2,1-4H3,(H,59,63). The third kappa shape index (κ3) is 16.2. The van der Waals surface area contributed by atoms with Crippen molar-refractivity contribution in [1.82, 2.24) is 14.9 Å². The van der Waals surface area contributed by atoms with E-state index >= 15 is 0 Å². The first-order valence-electron chi connectivity index (χ1n) is 25.4. The van der Waals surface area contributed by atoms with E-state index in [2.05, 4.69) is 78.2 Å². The Morgan fingerprint density at radius 1 is 0.662 bits per heavy atom. The number of rotatable bonds is 28. The maximum atomic E-state index is 13.9. The topological polar surface area (TPSA) is 117 Å². The lowest BCUT2D eigenvalue weighted by Gasteiger charge is -2.43. The number of sulfonamides is 1. The van der Waals surface area contributed by atoms with Crippen molar-refractivity contribution in [1.29, 1.82) is 0 Å². The van der Waals surface area contributed by atoms with Crippen molar-refractivity contribution in [2.24, 2.45) is 5.92 Å². The van der Waals surface area contributed by atoms with Gasteiger partial charge in [0.2, 0.25) is 15.9 Å². The summed E-state index contributed by atoms with van der Waals surface area (Å²) in [5.41, 5.74) is 7.50. The van der Waals surface area contributed by atoms with Crippen molar-refractivity contribution in [3.05, 3.63) is 161 Å². The second-order valence-corrected chi connectivity index (χ2v) is 20.6. The number of aryl methyl sites for hydroxylation is 1. The van der Waals surface area contributed by atoms with E-state index in [0.29, 0.717) is 0 Å². The van der Waals surface area contributed by atoms with Crippen LogP contribution < -0.4 is 10.0 Å². The molecule has 0 bridgehead atoms. The van der Waals surface area contributed by atoms with Crippen LogP contribution in [0, 0.1) is 12.8 Å². The number of aliphatic hydroxyl groups excluding tert-OH is 1. The number of benzene rings is 5. The highest BCUT2D eigenvalue weighted by atomic mass is 32.2. The summed E-state index contributed by atoms with van der Waals surface area (Å²) < 4.78 is 43.6. The number of hydrogen-bond acceptors (Lipinski definition) is 7. The molecule has 1 fully saturated rings. The zero-order valence-corrected chi connectivity index (χ0v) is 41.9. The van der Waals surface area contributed by atoms with Gasteiger partial charge in [0.1, 0.15) is 6.04 Å². The summed E-state index contributed by atoms with van der Waals surface area (Å²) in [6, 6.07) is 39.5. The molecule has 5 unspecified atom stereocenters. The molecule has 10 heteroatoms. The molecular formula is C58H77N3O6S. The Labute approximate surface area is 408 Å². The Hall–Kier alpha value is -4.68. The summed E-state index contributed by atoms with van der Waals surface area (Å²) in [6.45, 7) is 11.9. The fourth-order valence-corrected chi connectivity index (χ4v) is 10.4. The number of ether oxygens (including phenoxy) is 2. The zero-order chi connectivity index (χ0) is 48.1. The van der Waals surface area contributed by atoms with Crippen molar-refractivity contribution in [2.45, 2.75) is 154 Å². The third-order valence-corrected chi connectivity index (χ3v) is 14.8. The van der Waals surface area contributed by atoms with E-state index < -0.39 is 28.3 Å². The lowest BCUT2D eigenvalue weighted by molar-refractivity contribution is -0.276. The van der Waals surface area contributed by atoms with Gasteiger partial charge in [0.05, 0.1) is 23.7 Å². The van der Waals surface area contributed by atoms with Crippen LogP contribution in [0.2, 0.25) is 0 Å². The van der Waals surface area contributed by atoms with Crippen LogP contribution >= 0.6 is 0 Å². The smallest absolute Gasteiger partial charge is 0.241 e. The van der Waals surface area contributed by atoms with Crippen LogP contribution in [0.3, 0.4) is 0 Å². The fourth-order valence-electron chi connectivity index (χ4n) is 9.16. The summed E-state index contributed by atoms with van der Waals surface area (Å²) in [6.07, 6.45) is 14.5. The number of nitrogens with one attached hydrogen (secondary N) is 2. The van der Waals surface area contributed by atoms with E-state index in [-0.39, 0.29) is 42.6 Å². The second-order valence-electron chi connectivity index (χ2n) is 18.9. The normalized spacial score (nSPS) is 17.9. The maximum Gasteiger partial charge on any atom is 0.241 e. The Balaban J connectivity index is 1.18. The fraction of sp³-hybridized carbons (Fsp3) is 0.466. The number of hydrogen-bond donors (Lipinski definition) is 3. The molecule has 1 amide bonds. The van der Waals surface area contributed by atoms with Crippen molar-refractivity contribution in [3.63, 3.8) is 0 Å². The van der Waals surface area contributed by atoms with Crippen LogP contribution in [-0.2, 0) is 43.9 Å². The van der Waals surface area contributed by atoms with Gasteiger partial charge in [0, 0.05) is 24.6 Å². The molecule has 0 aliphatic carbocycles. The quantitative estimate of drug-likeness (QED) is 0.0428. The minimum absolute atomic E-state index is 0.00717. The molecule has 3 N–H and O–H groups in total. The van der Waals surface area contributed by atoms with E-state index in [9.17, 15) is 18.3 Å². The molecule has 366 valence electrons. The van der Waals surface area contributed by atoms with Gasteiger partial charge in [-0.1, -0.05) is 194 Å². The van der Waals surface area contributed by atoms with Crippen molar-refractivity contribution in [3.8, 4) is 11.1 Å². The molecule has 1 saturated heterocycles. The molecular weight excluding hydrogens is 867 g/mol. The zero-order valence-electron chi connectivity index (χ0n) is 41.1. The summed E-state index contributed by atoms with van der Waals surface area (Å²) in [4.78, 5) is 16.6. The molecule has 1 aliphatic rings. The number of unbranched alkanes of at least 4 members (excludes halogenated alkanes) is 10. The van der Waals surface area contributed by atoms with Gasteiger partial charge in [-0.2, -0.15) is 4.72 Å². The number of carbonyl (C=O) groups is 1. The molecule has 5 aromatic rings. The van der Waals surface area contributed by atoms with Gasteiger partial charge in [-0.25, -0.2) is 8.42 Å². The monoisotopic (exact) mass is 944 g/mol. The predicted molar refractivity (Wildman–Crippen MR) is 275 cm³/mol. The highest BCUT2D eigenvalue weighted by Gasteiger charge is 2.39. The minimum Gasteiger partial charge on any atom is -0.392 e. The minimum atomic E-state index is -3.97. The van der Waals surface area contributed by atoms with Gasteiger partial charge in [-0.05, 0) is 96.9 Å². The van der Waals surface area contributed by atoms with Gasteiger partial charge < -0.3 is 24.8 Å². The summed E-state index contributed by atoms with van der Waals surface area (Å²) >= 11 is 0. The van der Waals surface area contributed by atoms with Crippen LogP contribution in [0.15, 0.2) is 132 Å². The Bertz CT molecular complexity index is 2340. The number of aliphatic hydroxyl groups is 1. The first-order chi connectivity index (χ1) is 33.1. The number of nitrogens with zero attached hydrogens (tertiary/aromatic N) is 1. The summed E-state index contributed by atoms with van der Waals surface area (Å²) in [7, 11) is -3.97. The van der Waals surface area contributed by atoms with Crippen LogP contribution in [0.5, 0.6) is 0 Å². The van der Waals surface area contributed by atoms with Crippen LogP contribution in [0.25, 0.3) is 11.1 Å². The Kier molecular flexibility index (Phi) is 21.3. The first-order valence-corrected chi connectivity index (χ1v) is 26.9. The molecule has 9 nitrogen and oxygen atoms in total. The molecule has 5 atom stereocenters. The third-order valence-electron chi connectivity index (χ3n) is 13.3. The SMILES string of the molecule is CCCCCCCCN(CCCCCCCC)CC1OC(c2cccc(-c3cccc(CNC(=O)C(Cc4ccccc4)NS(=O)(=O)c4ccc(C)cc4)c3)c2)OC(c2ccc(CO)cc2)C1C.